The van der Waals surface area contributed by atoms with E-state index in [0.717, 1.165) is 30.5 Å². The summed E-state index contributed by atoms with van der Waals surface area (Å²) in [5, 5.41) is 3.74. The van der Waals surface area contributed by atoms with Crippen LogP contribution in [0.15, 0.2) is 71.4 Å². The van der Waals surface area contributed by atoms with Gasteiger partial charge in [0.1, 0.15) is 0 Å². The highest BCUT2D eigenvalue weighted by molar-refractivity contribution is 5.98. The number of hydrogen-bond acceptors (Lipinski definition) is 5. The van der Waals surface area contributed by atoms with Crippen LogP contribution >= 0.6 is 0 Å². The Hall–Kier alpha value is -2.76. The summed E-state index contributed by atoms with van der Waals surface area (Å²) in [6.07, 6.45) is 3.33. The predicted molar refractivity (Wildman–Crippen MR) is 109 cm³/mol. The number of hydrogen-bond donors (Lipinski definition) is 0. The van der Waals surface area contributed by atoms with Crippen LogP contribution in [-0.4, -0.2) is 41.1 Å². The summed E-state index contributed by atoms with van der Waals surface area (Å²) >= 11 is 0. The number of carbonyl (C=O) groups excluding carboxylic acids is 1. The first-order chi connectivity index (χ1) is 14.3. The molecule has 1 aromatic heterocycles. The van der Waals surface area contributed by atoms with Gasteiger partial charge < -0.3 is 9.26 Å². The zero-order chi connectivity index (χ0) is 19.6. The molecule has 3 heterocycles. The van der Waals surface area contributed by atoms with Crippen molar-refractivity contribution in [1.82, 2.24) is 10.1 Å². The van der Waals surface area contributed by atoms with E-state index in [2.05, 4.69) is 34.3 Å². The lowest BCUT2D eigenvalue weighted by Crippen LogP contribution is -2.57. The van der Waals surface area contributed by atoms with Crippen LogP contribution in [-0.2, 0) is 11.3 Å². The summed E-state index contributed by atoms with van der Waals surface area (Å²) < 4.78 is 11.0. The first-order valence-corrected chi connectivity index (χ1v) is 10.2. The Morgan fingerprint density at radius 1 is 0.966 bits per heavy atom. The molecule has 2 saturated heterocycles. The molecule has 0 N–H and O–H groups in total. The van der Waals surface area contributed by atoms with Crippen LogP contribution in [0.3, 0.4) is 0 Å². The molecule has 0 amide bonds. The predicted octanol–water partition coefficient (Wildman–Crippen LogP) is 4.20. The molecule has 2 unspecified atom stereocenters. The first-order valence-electron chi connectivity index (χ1n) is 10.2. The molecule has 2 aromatic carbocycles. The number of piperidine rings is 1. The van der Waals surface area contributed by atoms with Crippen LogP contribution in [0, 0.1) is 5.92 Å². The zero-order valence-electron chi connectivity index (χ0n) is 16.2. The summed E-state index contributed by atoms with van der Waals surface area (Å²) in [6, 6.07) is 20.6. The molecular formula is C24H24N2O3. The van der Waals surface area contributed by atoms with Gasteiger partial charge in [0.15, 0.2) is 11.5 Å². The fraction of sp³-hybridized carbons (Fsp3) is 0.333. The number of carbonyl (C=O) groups is 1. The van der Waals surface area contributed by atoms with Crippen LogP contribution in [0.1, 0.15) is 28.8 Å². The van der Waals surface area contributed by atoms with E-state index >= 15 is 0 Å². The van der Waals surface area contributed by atoms with Gasteiger partial charge in [-0.3, -0.25) is 9.69 Å². The lowest BCUT2D eigenvalue weighted by molar-refractivity contribution is -0.0872. The summed E-state index contributed by atoms with van der Waals surface area (Å²) in [7, 11) is 0. The number of ether oxygens (including phenoxy) is 1. The van der Waals surface area contributed by atoms with E-state index in [0.29, 0.717) is 31.1 Å². The van der Waals surface area contributed by atoms with Gasteiger partial charge in [0.25, 0.3) is 0 Å². The lowest BCUT2D eigenvalue weighted by Gasteiger charge is -2.48. The third kappa shape index (κ3) is 3.76. The summed E-state index contributed by atoms with van der Waals surface area (Å²) in [6.45, 7) is 2.33. The molecule has 0 spiro atoms. The Bertz CT molecular complexity index is 940. The number of fused-ring (bicyclic) bond motifs is 2. The molecule has 3 aromatic rings. The maximum atomic E-state index is 13.2. The normalized spacial score (nSPS) is 24.3. The maximum Gasteiger partial charge on any atom is 0.166 e. The Labute approximate surface area is 170 Å². The number of benzene rings is 2. The third-order valence-electron chi connectivity index (χ3n) is 6.14. The fourth-order valence-corrected chi connectivity index (χ4v) is 4.66. The maximum absolute atomic E-state index is 13.2. The van der Waals surface area contributed by atoms with Crippen LogP contribution < -0.4 is 0 Å². The van der Waals surface area contributed by atoms with Gasteiger partial charge in [-0.2, -0.15) is 0 Å². The van der Waals surface area contributed by atoms with Crippen LogP contribution in [0.4, 0.5) is 0 Å². The monoisotopic (exact) mass is 388 g/mol. The smallest absolute Gasteiger partial charge is 0.166 e. The van der Waals surface area contributed by atoms with Gasteiger partial charge in [0, 0.05) is 41.7 Å². The lowest BCUT2D eigenvalue weighted by atomic mass is 9.80. The number of aromatic nitrogens is 1. The van der Waals surface area contributed by atoms with Crippen molar-refractivity contribution in [3.05, 3.63) is 78.0 Å². The van der Waals surface area contributed by atoms with Gasteiger partial charge >= 0.3 is 0 Å². The van der Waals surface area contributed by atoms with Crippen molar-refractivity contribution in [3.63, 3.8) is 0 Å². The standard InChI is InChI=1S/C24H24N2O3/c27-24(19-8-6-18(7-9-19)23-10-11-25-29-23)20-12-21-15-28-16-22(13-20)26(21)14-17-4-2-1-3-5-17/h1-11,20-22H,12-16H2. The highest BCUT2D eigenvalue weighted by atomic mass is 16.5. The molecular weight excluding hydrogens is 364 g/mol. The van der Waals surface area contributed by atoms with Crippen molar-refractivity contribution in [3.8, 4) is 11.3 Å². The molecule has 2 aliphatic heterocycles. The van der Waals surface area contributed by atoms with Crippen LogP contribution in [0.2, 0.25) is 0 Å². The van der Waals surface area contributed by atoms with Gasteiger partial charge in [0.2, 0.25) is 0 Å². The van der Waals surface area contributed by atoms with Crippen molar-refractivity contribution >= 4 is 5.78 Å². The van der Waals surface area contributed by atoms with E-state index in [4.69, 9.17) is 9.26 Å². The SMILES string of the molecule is O=C(c1ccc(-c2ccno2)cc1)C1CC2COCC(C1)N2Cc1ccccc1. The largest absolute Gasteiger partial charge is 0.378 e. The fourth-order valence-electron chi connectivity index (χ4n) is 4.66. The summed E-state index contributed by atoms with van der Waals surface area (Å²) in [5.41, 5.74) is 3.02. The van der Waals surface area contributed by atoms with Gasteiger partial charge in [-0.25, -0.2) is 0 Å². The average Bonchev–Trinajstić information content (AvgIpc) is 3.29. The summed E-state index contributed by atoms with van der Waals surface area (Å²) in [4.78, 5) is 15.7. The topological polar surface area (TPSA) is 55.6 Å². The Morgan fingerprint density at radius 3 is 2.34 bits per heavy atom. The number of morpholine rings is 1. The Morgan fingerprint density at radius 2 is 1.69 bits per heavy atom. The van der Waals surface area contributed by atoms with E-state index in [1.807, 2.05) is 36.4 Å². The van der Waals surface area contributed by atoms with E-state index in [-0.39, 0.29) is 11.7 Å². The van der Waals surface area contributed by atoms with Gasteiger partial charge in [-0.15, -0.1) is 0 Å². The zero-order valence-corrected chi connectivity index (χ0v) is 16.2. The third-order valence-corrected chi connectivity index (χ3v) is 6.14. The molecule has 2 fully saturated rings. The number of ketones is 1. The highest BCUT2D eigenvalue weighted by Gasteiger charge is 2.41. The van der Waals surface area contributed by atoms with Crippen LogP contribution in [0.5, 0.6) is 0 Å². The van der Waals surface area contributed by atoms with Crippen molar-refractivity contribution in [2.45, 2.75) is 31.5 Å². The molecule has 0 aliphatic carbocycles. The molecule has 5 heteroatoms. The van der Waals surface area contributed by atoms with Crippen molar-refractivity contribution < 1.29 is 14.1 Å². The van der Waals surface area contributed by atoms with Crippen molar-refractivity contribution in [1.29, 1.82) is 0 Å². The quantitative estimate of drug-likeness (QED) is 0.613. The Kier molecular flexibility index (Phi) is 5.00. The molecule has 2 atom stereocenters. The number of rotatable bonds is 5. The van der Waals surface area contributed by atoms with E-state index in [9.17, 15) is 4.79 Å². The second-order valence-electron chi connectivity index (χ2n) is 7.99. The highest BCUT2D eigenvalue weighted by Crippen LogP contribution is 2.35. The van der Waals surface area contributed by atoms with E-state index < -0.39 is 0 Å². The van der Waals surface area contributed by atoms with Crippen LogP contribution in [0.25, 0.3) is 11.3 Å². The van der Waals surface area contributed by atoms with Crippen molar-refractivity contribution in [2.24, 2.45) is 5.92 Å². The molecule has 5 rings (SSSR count). The second-order valence-corrected chi connectivity index (χ2v) is 7.99. The molecule has 148 valence electrons. The van der Waals surface area contributed by atoms with Crippen molar-refractivity contribution in [2.75, 3.05) is 13.2 Å². The number of Topliss-reactive ketones (excluding diaryl/α,β-unsaturated/α-hetero) is 1. The second kappa shape index (κ2) is 7.93. The van der Waals surface area contributed by atoms with Gasteiger partial charge in [0.05, 0.1) is 19.4 Å². The minimum atomic E-state index is 0.0528. The van der Waals surface area contributed by atoms with Gasteiger partial charge in [-0.1, -0.05) is 59.8 Å². The van der Waals surface area contributed by atoms with E-state index in [1.54, 1.807) is 6.20 Å². The minimum Gasteiger partial charge on any atom is -0.378 e. The average molecular weight is 388 g/mol. The molecule has 0 saturated carbocycles. The van der Waals surface area contributed by atoms with E-state index in [1.165, 1.54) is 5.56 Å². The minimum absolute atomic E-state index is 0.0528. The summed E-state index contributed by atoms with van der Waals surface area (Å²) in [5.74, 6) is 1.01. The molecule has 5 nitrogen and oxygen atoms in total. The first kappa shape index (κ1) is 18.3. The number of nitrogens with zero attached hydrogens (tertiary/aromatic N) is 2. The molecule has 29 heavy (non-hydrogen) atoms. The Balaban J connectivity index is 1.29. The molecule has 2 bridgehead atoms. The molecule has 0 radical (unpaired) electrons. The molecule has 2 aliphatic rings. The van der Waals surface area contributed by atoms with Gasteiger partial charge in [-0.05, 0) is 18.4 Å².